The van der Waals surface area contributed by atoms with E-state index < -0.39 is 20.0 Å². The monoisotopic (exact) mass is 525 g/mol. The second kappa shape index (κ2) is 9.33. The maximum absolute atomic E-state index is 13.2. The van der Waals surface area contributed by atoms with Crippen LogP contribution in [-0.2, 0) is 20.0 Å². The average Bonchev–Trinajstić information content (AvgIpc) is 3.14. The summed E-state index contributed by atoms with van der Waals surface area (Å²) in [6, 6.07) is 8.63. The number of fused-ring (bicyclic) bond motifs is 1. The van der Waals surface area contributed by atoms with Gasteiger partial charge in [-0.3, -0.25) is 14.1 Å². The van der Waals surface area contributed by atoms with E-state index in [0.717, 1.165) is 30.6 Å². The maximum Gasteiger partial charge on any atom is 0.308 e. The summed E-state index contributed by atoms with van der Waals surface area (Å²) in [7, 11) is -6.51. The molecule has 1 N–H and O–H groups in total. The second-order valence-corrected chi connectivity index (χ2v) is 13.0. The fourth-order valence-electron chi connectivity index (χ4n) is 4.07. The summed E-state index contributed by atoms with van der Waals surface area (Å²) in [5, 5.41) is 0. The molecule has 0 amide bonds. The third-order valence-electron chi connectivity index (χ3n) is 5.76. The molecule has 0 radical (unpaired) electrons. The number of hydrogen-bond donors (Lipinski definition) is 1. The van der Waals surface area contributed by atoms with Crippen molar-refractivity contribution in [3.8, 4) is 5.75 Å². The Hall–Kier alpha value is -2.41. The largest absolute Gasteiger partial charge is 0.495 e. The molecule has 1 fully saturated rings. The fraction of sp³-hybridized carbons (Fsp3) is 0.409. The minimum Gasteiger partial charge on any atom is -0.495 e. The number of sulfonamides is 2. The first-order valence-electron chi connectivity index (χ1n) is 10.9. The number of piperidine rings is 1. The molecule has 1 aromatic heterocycles. The lowest BCUT2D eigenvalue weighted by Crippen LogP contribution is -2.35. The lowest BCUT2D eigenvalue weighted by atomic mass is 10.2. The summed E-state index contributed by atoms with van der Waals surface area (Å²) in [6.45, 7) is 4.61. The first-order chi connectivity index (χ1) is 16.0. The molecule has 1 saturated heterocycles. The van der Waals surface area contributed by atoms with Crippen molar-refractivity contribution in [2.75, 3.05) is 24.9 Å². The Morgan fingerprint density at radius 2 is 1.71 bits per heavy atom. The number of thiazole rings is 1. The molecule has 0 bridgehead atoms. The third kappa shape index (κ3) is 4.59. The van der Waals surface area contributed by atoms with Gasteiger partial charge in [-0.25, -0.2) is 16.8 Å². The Bertz CT molecular complexity index is 1480. The number of rotatable bonds is 7. The van der Waals surface area contributed by atoms with E-state index in [2.05, 4.69) is 4.72 Å². The first-order valence-corrected chi connectivity index (χ1v) is 14.6. The van der Waals surface area contributed by atoms with E-state index in [0.29, 0.717) is 23.3 Å². The lowest BCUT2D eigenvalue weighted by molar-refractivity contribution is 0.343. The van der Waals surface area contributed by atoms with E-state index in [-0.39, 0.29) is 32.1 Å². The van der Waals surface area contributed by atoms with Crippen molar-refractivity contribution in [2.24, 2.45) is 0 Å². The highest BCUT2D eigenvalue weighted by atomic mass is 32.2. The van der Waals surface area contributed by atoms with Gasteiger partial charge in [-0.15, -0.1) is 0 Å². The van der Waals surface area contributed by atoms with Crippen LogP contribution in [0.4, 0.5) is 5.69 Å². The van der Waals surface area contributed by atoms with Crippen LogP contribution in [0.25, 0.3) is 10.2 Å². The van der Waals surface area contributed by atoms with E-state index in [1.54, 1.807) is 10.6 Å². The zero-order valence-corrected chi connectivity index (χ0v) is 21.6. The van der Waals surface area contributed by atoms with E-state index in [1.807, 2.05) is 13.8 Å². The van der Waals surface area contributed by atoms with Crippen LogP contribution in [0.2, 0.25) is 0 Å². The molecule has 0 spiro atoms. The predicted octanol–water partition coefficient (Wildman–Crippen LogP) is 3.63. The van der Waals surface area contributed by atoms with Crippen molar-refractivity contribution in [1.82, 2.24) is 8.87 Å². The molecule has 0 aliphatic carbocycles. The molecule has 0 saturated carbocycles. The molecule has 12 heteroatoms. The predicted molar refractivity (Wildman–Crippen MR) is 133 cm³/mol. The highest BCUT2D eigenvalue weighted by Gasteiger charge is 2.29. The molecular weight excluding hydrogens is 498 g/mol. The molecule has 9 nitrogen and oxygen atoms in total. The van der Waals surface area contributed by atoms with Crippen molar-refractivity contribution < 1.29 is 21.6 Å². The SMILES string of the molecule is COc1ccc(NS(=O)(=O)c2ccc3c(c2)sc(=O)n3C(C)C)cc1S(=O)(=O)N1CCCCC1. The standard InChI is InChI=1S/C22H27N3O6S3/c1-15(2)25-18-9-8-17(14-20(18)32-22(25)26)33(27,28)23-16-7-10-19(31-3)21(13-16)34(29,30)24-11-5-4-6-12-24/h7-10,13-15,23H,4-6,11-12H2,1-3H3. The van der Waals surface area contributed by atoms with Crippen LogP contribution in [0.15, 0.2) is 51.0 Å². The Kier molecular flexibility index (Phi) is 6.78. The Morgan fingerprint density at radius 1 is 1.00 bits per heavy atom. The molecule has 2 aromatic carbocycles. The van der Waals surface area contributed by atoms with Gasteiger partial charge in [0.25, 0.3) is 10.0 Å². The van der Waals surface area contributed by atoms with Gasteiger partial charge >= 0.3 is 4.87 Å². The van der Waals surface area contributed by atoms with Crippen LogP contribution in [0.5, 0.6) is 5.75 Å². The number of hydrogen-bond acceptors (Lipinski definition) is 7. The summed E-state index contributed by atoms with van der Waals surface area (Å²) in [5.74, 6) is 0.148. The van der Waals surface area contributed by atoms with Gasteiger partial charge in [0.1, 0.15) is 10.6 Å². The first kappa shape index (κ1) is 24.7. The molecule has 34 heavy (non-hydrogen) atoms. The minimum absolute atomic E-state index is 0.0200. The van der Waals surface area contributed by atoms with E-state index in [9.17, 15) is 21.6 Å². The van der Waals surface area contributed by atoms with Gasteiger partial charge < -0.3 is 4.74 Å². The molecule has 1 aliphatic heterocycles. The second-order valence-electron chi connectivity index (χ2n) is 8.40. The fourth-order valence-corrected chi connectivity index (χ4v) is 7.97. The third-order valence-corrected chi connectivity index (χ3v) is 9.98. The van der Waals surface area contributed by atoms with Gasteiger partial charge in [-0.2, -0.15) is 4.31 Å². The highest BCUT2D eigenvalue weighted by Crippen LogP contribution is 2.32. The Balaban J connectivity index is 1.69. The highest BCUT2D eigenvalue weighted by molar-refractivity contribution is 7.92. The van der Waals surface area contributed by atoms with Crippen molar-refractivity contribution >= 4 is 47.3 Å². The van der Waals surface area contributed by atoms with Gasteiger partial charge in [0, 0.05) is 19.1 Å². The summed E-state index contributed by atoms with van der Waals surface area (Å²) < 4.78 is 64.0. The number of nitrogens with one attached hydrogen (secondary N) is 1. The Morgan fingerprint density at radius 3 is 2.35 bits per heavy atom. The summed E-state index contributed by atoms with van der Waals surface area (Å²) >= 11 is 0.984. The summed E-state index contributed by atoms with van der Waals surface area (Å²) in [4.78, 5) is 12.0. The van der Waals surface area contributed by atoms with Gasteiger partial charge in [0.05, 0.1) is 27.9 Å². The molecule has 2 heterocycles. The summed E-state index contributed by atoms with van der Waals surface area (Å²) in [6.07, 6.45) is 2.53. The zero-order chi connectivity index (χ0) is 24.7. The van der Waals surface area contributed by atoms with Crippen LogP contribution < -0.4 is 14.3 Å². The molecule has 1 aliphatic rings. The van der Waals surface area contributed by atoms with Gasteiger partial charge in [0.15, 0.2) is 0 Å². The number of anilines is 1. The molecule has 0 unspecified atom stereocenters. The van der Waals surface area contributed by atoms with Crippen LogP contribution in [-0.4, -0.2) is 45.9 Å². The number of methoxy groups -OCH3 is 1. The van der Waals surface area contributed by atoms with Gasteiger partial charge in [-0.1, -0.05) is 17.8 Å². The van der Waals surface area contributed by atoms with Crippen molar-refractivity contribution in [2.45, 2.75) is 48.9 Å². The van der Waals surface area contributed by atoms with E-state index in [1.165, 1.54) is 41.7 Å². The van der Waals surface area contributed by atoms with Crippen LogP contribution in [0.1, 0.15) is 39.2 Å². The van der Waals surface area contributed by atoms with E-state index >= 15 is 0 Å². The van der Waals surface area contributed by atoms with Crippen LogP contribution >= 0.6 is 11.3 Å². The molecule has 0 atom stereocenters. The van der Waals surface area contributed by atoms with Gasteiger partial charge in [-0.05, 0) is 63.1 Å². The van der Waals surface area contributed by atoms with Crippen molar-refractivity contribution in [3.63, 3.8) is 0 Å². The minimum atomic E-state index is -4.04. The Labute approximate surface area is 203 Å². The maximum atomic E-state index is 13.2. The molecule has 3 aromatic rings. The smallest absolute Gasteiger partial charge is 0.308 e. The lowest BCUT2D eigenvalue weighted by Gasteiger charge is -2.26. The molecule has 4 rings (SSSR count). The van der Waals surface area contributed by atoms with Gasteiger partial charge in [0.2, 0.25) is 10.0 Å². The van der Waals surface area contributed by atoms with Crippen molar-refractivity contribution in [1.29, 1.82) is 0 Å². The van der Waals surface area contributed by atoms with E-state index in [4.69, 9.17) is 4.74 Å². The van der Waals surface area contributed by atoms with Crippen LogP contribution in [0.3, 0.4) is 0 Å². The normalized spacial score (nSPS) is 15.6. The van der Waals surface area contributed by atoms with Crippen molar-refractivity contribution in [3.05, 3.63) is 46.1 Å². The number of aromatic nitrogens is 1. The number of benzene rings is 2. The quantitative estimate of drug-likeness (QED) is 0.504. The zero-order valence-electron chi connectivity index (χ0n) is 19.1. The molecular formula is C22H27N3O6S3. The van der Waals surface area contributed by atoms with Crippen LogP contribution in [0, 0.1) is 0 Å². The average molecular weight is 526 g/mol. The summed E-state index contributed by atoms with van der Waals surface area (Å²) in [5.41, 5.74) is 0.771. The number of ether oxygens (including phenoxy) is 1. The topological polar surface area (TPSA) is 115 Å². The number of nitrogens with zero attached hydrogens (tertiary/aromatic N) is 2. The molecule has 184 valence electrons.